The molecule has 4 heterocycles. The van der Waals surface area contributed by atoms with Crippen molar-refractivity contribution in [3.8, 4) is 0 Å². The van der Waals surface area contributed by atoms with Gasteiger partial charge >= 0.3 is 0 Å². The van der Waals surface area contributed by atoms with Gasteiger partial charge in [0.1, 0.15) is 0 Å². The van der Waals surface area contributed by atoms with Gasteiger partial charge in [-0.25, -0.2) is 9.97 Å². The minimum atomic E-state index is -0.148. The highest BCUT2D eigenvalue weighted by atomic mass is 16.2. The minimum Gasteiger partial charge on any atom is -0.345 e. The van der Waals surface area contributed by atoms with E-state index in [1.165, 1.54) is 0 Å². The van der Waals surface area contributed by atoms with Gasteiger partial charge in [-0.2, -0.15) is 0 Å². The van der Waals surface area contributed by atoms with Gasteiger partial charge in [-0.05, 0) is 6.07 Å². The topological polar surface area (TPSA) is 72.9 Å². The number of hydrogen-bond acceptors (Lipinski definition) is 6. The second-order valence-electron chi connectivity index (χ2n) is 7.14. The maximum Gasteiger partial charge on any atom is 0.228 e. The Kier molecular flexibility index (Phi) is 4.29. The molecular weight excluding hydrogens is 320 g/mol. The smallest absolute Gasteiger partial charge is 0.228 e. The number of rotatable bonds is 3. The van der Waals surface area contributed by atoms with Crippen LogP contribution in [-0.4, -0.2) is 95.4 Å². The van der Waals surface area contributed by atoms with Crippen LogP contribution < -0.4 is 4.90 Å². The van der Waals surface area contributed by atoms with Gasteiger partial charge in [-0.1, -0.05) is 0 Å². The van der Waals surface area contributed by atoms with Gasteiger partial charge in [0.05, 0.1) is 5.92 Å². The fraction of sp³-hybridized carbons (Fsp3) is 0.647. The first-order chi connectivity index (χ1) is 12.1. The number of carbonyl (C=O) groups is 2. The Morgan fingerprint density at radius 2 is 1.76 bits per heavy atom. The van der Waals surface area contributed by atoms with E-state index in [1.54, 1.807) is 24.3 Å². The van der Waals surface area contributed by atoms with E-state index in [2.05, 4.69) is 19.8 Å². The third-order valence-corrected chi connectivity index (χ3v) is 5.53. The molecule has 1 aromatic heterocycles. The second kappa shape index (κ2) is 6.59. The fourth-order valence-corrected chi connectivity index (χ4v) is 3.89. The van der Waals surface area contributed by atoms with Gasteiger partial charge in [0.25, 0.3) is 0 Å². The third kappa shape index (κ3) is 3.18. The molecule has 3 aliphatic heterocycles. The lowest BCUT2D eigenvalue weighted by atomic mass is 10.0. The molecular formula is C17H24N6O2. The monoisotopic (exact) mass is 344 g/mol. The van der Waals surface area contributed by atoms with Crippen LogP contribution in [-0.2, 0) is 9.59 Å². The summed E-state index contributed by atoms with van der Waals surface area (Å²) < 4.78 is 0. The van der Waals surface area contributed by atoms with Crippen molar-refractivity contribution in [2.75, 3.05) is 57.8 Å². The lowest BCUT2D eigenvalue weighted by Gasteiger charge is -2.48. The molecule has 1 unspecified atom stereocenters. The first-order valence-corrected chi connectivity index (χ1v) is 8.90. The van der Waals surface area contributed by atoms with Crippen molar-refractivity contribution in [3.63, 3.8) is 0 Å². The van der Waals surface area contributed by atoms with Crippen LogP contribution in [0.15, 0.2) is 18.5 Å². The molecule has 8 heteroatoms. The minimum absolute atomic E-state index is 0.0784. The first-order valence-electron chi connectivity index (χ1n) is 8.90. The summed E-state index contributed by atoms with van der Waals surface area (Å²) >= 11 is 0. The van der Waals surface area contributed by atoms with Gasteiger partial charge in [-0.3, -0.25) is 14.5 Å². The molecule has 1 atom stereocenters. The van der Waals surface area contributed by atoms with Crippen LogP contribution in [0.5, 0.6) is 0 Å². The number of carbonyl (C=O) groups excluding carboxylic acids is 2. The SMILES string of the molecule is CN1CC(C(=O)N2CC(N3CCN(c4ncccn4)CC3)C2)CC1=O. The van der Waals surface area contributed by atoms with E-state index in [-0.39, 0.29) is 17.7 Å². The van der Waals surface area contributed by atoms with Crippen molar-refractivity contribution in [1.82, 2.24) is 24.7 Å². The summed E-state index contributed by atoms with van der Waals surface area (Å²) in [6, 6.07) is 2.27. The summed E-state index contributed by atoms with van der Waals surface area (Å²) in [6.45, 7) is 5.90. The number of hydrogen-bond donors (Lipinski definition) is 0. The third-order valence-electron chi connectivity index (χ3n) is 5.53. The molecule has 8 nitrogen and oxygen atoms in total. The molecule has 3 saturated heterocycles. The van der Waals surface area contributed by atoms with Gasteiger partial charge in [0.2, 0.25) is 17.8 Å². The summed E-state index contributed by atoms with van der Waals surface area (Å²) in [5.41, 5.74) is 0. The molecule has 0 bridgehead atoms. The van der Waals surface area contributed by atoms with E-state index >= 15 is 0 Å². The van der Waals surface area contributed by atoms with E-state index in [0.29, 0.717) is 19.0 Å². The summed E-state index contributed by atoms with van der Waals surface area (Å²) in [6.07, 6.45) is 3.91. The predicted molar refractivity (Wildman–Crippen MR) is 91.9 cm³/mol. The fourth-order valence-electron chi connectivity index (χ4n) is 3.89. The highest BCUT2D eigenvalue weighted by Gasteiger charge is 2.41. The van der Waals surface area contributed by atoms with Gasteiger partial charge in [-0.15, -0.1) is 0 Å². The Hall–Kier alpha value is -2.22. The van der Waals surface area contributed by atoms with Crippen molar-refractivity contribution in [1.29, 1.82) is 0 Å². The molecule has 0 aromatic carbocycles. The quantitative estimate of drug-likeness (QED) is 0.721. The average molecular weight is 344 g/mol. The zero-order valence-corrected chi connectivity index (χ0v) is 14.5. The molecule has 0 saturated carbocycles. The van der Waals surface area contributed by atoms with Crippen LogP contribution in [0, 0.1) is 5.92 Å². The van der Waals surface area contributed by atoms with Crippen LogP contribution in [0.1, 0.15) is 6.42 Å². The zero-order chi connectivity index (χ0) is 17.4. The molecule has 2 amide bonds. The van der Waals surface area contributed by atoms with Gasteiger partial charge in [0, 0.05) is 77.7 Å². The lowest BCUT2D eigenvalue weighted by molar-refractivity contribution is -0.143. The molecule has 3 aliphatic rings. The Morgan fingerprint density at radius 1 is 1.08 bits per heavy atom. The standard InChI is InChI=1S/C17H24N6O2/c1-20-10-13(9-15(20)24)16(25)23-11-14(12-23)21-5-7-22(8-6-21)17-18-3-2-4-19-17/h2-4,13-14H,5-12H2,1H3. The highest BCUT2D eigenvalue weighted by molar-refractivity contribution is 5.89. The zero-order valence-electron chi connectivity index (χ0n) is 14.5. The van der Waals surface area contributed by atoms with E-state index in [9.17, 15) is 9.59 Å². The summed E-state index contributed by atoms with van der Waals surface area (Å²) in [7, 11) is 1.77. The molecule has 3 fully saturated rings. The normalized spacial score (nSPS) is 25.4. The molecule has 0 spiro atoms. The van der Waals surface area contributed by atoms with E-state index in [0.717, 1.165) is 45.2 Å². The number of nitrogens with zero attached hydrogens (tertiary/aromatic N) is 6. The summed E-state index contributed by atoms with van der Waals surface area (Å²) in [4.78, 5) is 40.9. The average Bonchev–Trinajstić information content (AvgIpc) is 2.94. The number of anilines is 1. The predicted octanol–water partition coefficient (Wildman–Crippen LogP) is -0.712. The van der Waals surface area contributed by atoms with Crippen molar-refractivity contribution in [2.24, 2.45) is 5.92 Å². The first kappa shape index (κ1) is 16.3. The van der Waals surface area contributed by atoms with Crippen molar-refractivity contribution < 1.29 is 9.59 Å². The Morgan fingerprint density at radius 3 is 2.36 bits per heavy atom. The Balaban J connectivity index is 1.24. The van der Waals surface area contributed by atoms with Crippen LogP contribution >= 0.6 is 0 Å². The van der Waals surface area contributed by atoms with Crippen LogP contribution in [0.3, 0.4) is 0 Å². The van der Waals surface area contributed by atoms with Gasteiger partial charge in [0.15, 0.2) is 0 Å². The summed E-state index contributed by atoms with van der Waals surface area (Å²) in [5, 5.41) is 0. The largest absolute Gasteiger partial charge is 0.345 e. The maximum absolute atomic E-state index is 12.5. The molecule has 134 valence electrons. The molecule has 0 N–H and O–H groups in total. The number of likely N-dealkylation sites (tertiary alicyclic amines) is 2. The van der Waals surface area contributed by atoms with Crippen molar-refractivity contribution in [3.05, 3.63) is 18.5 Å². The van der Waals surface area contributed by atoms with E-state index in [1.807, 2.05) is 11.0 Å². The molecule has 4 rings (SSSR count). The lowest BCUT2D eigenvalue weighted by Crippen LogP contribution is -2.65. The van der Waals surface area contributed by atoms with E-state index < -0.39 is 0 Å². The molecule has 1 aromatic rings. The molecule has 25 heavy (non-hydrogen) atoms. The Labute approximate surface area is 147 Å². The molecule has 0 radical (unpaired) electrons. The number of piperazine rings is 1. The Bertz CT molecular complexity index is 640. The number of aromatic nitrogens is 2. The summed E-state index contributed by atoms with van der Waals surface area (Å²) in [5.74, 6) is 0.869. The van der Waals surface area contributed by atoms with Crippen molar-refractivity contribution in [2.45, 2.75) is 12.5 Å². The highest BCUT2D eigenvalue weighted by Crippen LogP contribution is 2.24. The second-order valence-corrected chi connectivity index (χ2v) is 7.14. The van der Waals surface area contributed by atoms with Crippen molar-refractivity contribution >= 4 is 17.8 Å². The molecule has 0 aliphatic carbocycles. The maximum atomic E-state index is 12.5. The van der Waals surface area contributed by atoms with Crippen LogP contribution in [0.4, 0.5) is 5.95 Å². The number of amides is 2. The van der Waals surface area contributed by atoms with E-state index in [4.69, 9.17) is 0 Å². The van der Waals surface area contributed by atoms with Gasteiger partial charge < -0.3 is 14.7 Å². The van der Waals surface area contributed by atoms with Crippen LogP contribution in [0.25, 0.3) is 0 Å². The van der Waals surface area contributed by atoms with Crippen LogP contribution in [0.2, 0.25) is 0 Å².